The molecule has 10 heteroatoms. The van der Waals surface area contributed by atoms with Crippen LogP contribution in [-0.4, -0.2) is 27.7 Å². The molecule has 2 aromatic heterocycles. The summed E-state index contributed by atoms with van der Waals surface area (Å²) in [5.41, 5.74) is 1.53. The van der Waals surface area contributed by atoms with Crippen molar-refractivity contribution in [1.82, 2.24) is 9.78 Å². The van der Waals surface area contributed by atoms with Gasteiger partial charge < -0.3 is 14.5 Å². The van der Waals surface area contributed by atoms with Gasteiger partial charge in [-0.05, 0) is 26.0 Å². The Labute approximate surface area is 165 Å². The highest BCUT2D eigenvalue weighted by atomic mass is 35.5. The predicted molar refractivity (Wildman–Crippen MR) is 102 cm³/mol. The highest BCUT2D eigenvalue weighted by Gasteiger charge is 2.17. The van der Waals surface area contributed by atoms with E-state index in [0.29, 0.717) is 23.0 Å². The molecule has 0 fully saturated rings. The minimum atomic E-state index is -0.567. The molecule has 3 rings (SSSR count). The quantitative estimate of drug-likeness (QED) is 0.491. The molecule has 0 spiro atoms. The molecule has 1 aromatic carbocycles. The van der Waals surface area contributed by atoms with Crippen molar-refractivity contribution in [3.8, 4) is 5.75 Å². The van der Waals surface area contributed by atoms with Crippen LogP contribution < -0.4 is 10.1 Å². The summed E-state index contributed by atoms with van der Waals surface area (Å²) in [6.07, 6.45) is 0. The van der Waals surface area contributed by atoms with Gasteiger partial charge in [0.05, 0.1) is 46.7 Å². The Bertz CT molecular complexity index is 1060. The van der Waals surface area contributed by atoms with Gasteiger partial charge in [-0.1, -0.05) is 11.6 Å². The summed E-state index contributed by atoms with van der Waals surface area (Å²) < 4.78 is 12.3. The lowest BCUT2D eigenvalue weighted by atomic mass is 10.2. The first kappa shape index (κ1) is 19.4. The van der Waals surface area contributed by atoms with Gasteiger partial charge in [0.2, 0.25) is 0 Å². The third-order valence-corrected chi connectivity index (χ3v) is 4.63. The second kappa shape index (κ2) is 7.73. The minimum absolute atomic E-state index is 0.0631. The second-order valence-corrected chi connectivity index (χ2v) is 6.42. The summed E-state index contributed by atoms with van der Waals surface area (Å²) in [7, 11) is 1.38. The number of non-ortho nitro benzene ring substituents is 1. The van der Waals surface area contributed by atoms with Crippen LogP contribution in [0, 0.1) is 24.0 Å². The van der Waals surface area contributed by atoms with E-state index in [0.717, 1.165) is 5.69 Å². The number of nitro benzene ring substituents is 1. The van der Waals surface area contributed by atoms with Gasteiger partial charge in [-0.15, -0.1) is 0 Å². The Morgan fingerprint density at radius 1 is 1.36 bits per heavy atom. The number of amides is 1. The van der Waals surface area contributed by atoms with Crippen LogP contribution in [0.4, 0.5) is 11.4 Å². The molecule has 0 bridgehead atoms. The van der Waals surface area contributed by atoms with E-state index >= 15 is 0 Å². The Morgan fingerprint density at radius 3 is 2.71 bits per heavy atom. The molecule has 0 saturated carbocycles. The fourth-order valence-electron chi connectivity index (χ4n) is 2.63. The van der Waals surface area contributed by atoms with Gasteiger partial charge in [0.1, 0.15) is 11.5 Å². The molecule has 3 aromatic rings. The largest absolute Gasteiger partial charge is 0.496 e. The van der Waals surface area contributed by atoms with Crippen molar-refractivity contribution < 1.29 is 18.9 Å². The number of aromatic nitrogens is 2. The van der Waals surface area contributed by atoms with Gasteiger partial charge in [0.25, 0.3) is 11.6 Å². The first-order valence-electron chi connectivity index (χ1n) is 8.21. The minimum Gasteiger partial charge on any atom is -0.496 e. The molecule has 9 nitrogen and oxygen atoms in total. The number of carbonyl (C=O) groups is 1. The fourth-order valence-corrected chi connectivity index (χ4v) is 2.77. The number of halogens is 1. The van der Waals surface area contributed by atoms with Gasteiger partial charge in [-0.2, -0.15) is 5.10 Å². The summed E-state index contributed by atoms with van der Waals surface area (Å²) in [5.74, 6) is 0.295. The molecule has 0 atom stereocenters. The zero-order valence-electron chi connectivity index (χ0n) is 15.4. The third kappa shape index (κ3) is 3.99. The number of carbonyl (C=O) groups excluding carboxylic acids is 1. The van der Waals surface area contributed by atoms with Crippen LogP contribution in [0.5, 0.6) is 5.75 Å². The predicted octanol–water partition coefficient (Wildman–Crippen LogP) is 3.96. The van der Waals surface area contributed by atoms with Crippen molar-refractivity contribution in [1.29, 1.82) is 0 Å². The molecule has 28 heavy (non-hydrogen) atoms. The van der Waals surface area contributed by atoms with E-state index in [9.17, 15) is 14.9 Å². The summed E-state index contributed by atoms with van der Waals surface area (Å²) in [5, 5.41) is 18.5. The number of aryl methyl sites for hydroxylation is 1. The van der Waals surface area contributed by atoms with Gasteiger partial charge in [-0.25, -0.2) is 0 Å². The molecule has 0 unspecified atom stereocenters. The monoisotopic (exact) mass is 404 g/mol. The number of furan rings is 1. The van der Waals surface area contributed by atoms with Crippen LogP contribution in [0.2, 0.25) is 5.02 Å². The SMILES string of the molecule is COc1cc(NC(=O)c2ccc(Cn3nc(C)c(Cl)c3C)o2)cc([N+](=O)[O-])c1. The first-order valence-corrected chi connectivity index (χ1v) is 8.59. The number of benzene rings is 1. The van der Waals surface area contributed by atoms with E-state index in [1.165, 1.54) is 31.4 Å². The van der Waals surface area contributed by atoms with Crippen molar-refractivity contribution in [2.45, 2.75) is 20.4 Å². The molecule has 0 radical (unpaired) electrons. The van der Waals surface area contributed by atoms with Gasteiger partial charge in [-0.3, -0.25) is 19.6 Å². The lowest BCUT2D eigenvalue weighted by Crippen LogP contribution is -2.11. The van der Waals surface area contributed by atoms with Crippen molar-refractivity contribution >= 4 is 28.9 Å². The second-order valence-electron chi connectivity index (χ2n) is 6.04. The van der Waals surface area contributed by atoms with Gasteiger partial charge in [0.15, 0.2) is 5.76 Å². The van der Waals surface area contributed by atoms with Crippen LogP contribution >= 0.6 is 11.6 Å². The molecular formula is C18H17ClN4O5. The summed E-state index contributed by atoms with van der Waals surface area (Å²) in [6, 6.07) is 7.16. The fraction of sp³-hybridized carbons (Fsp3) is 0.222. The summed E-state index contributed by atoms with van der Waals surface area (Å²) >= 11 is 6.13. The average molecular weight is 405 g/mol. The number of methoxy groups -OCH3 is 1. The average Bonchev–Trinajstić information content (AvgIpc) is 3.22. The van der Waals surface area contributed by atoms with Crippen molar-refractivity contribution in [2.24, 2.45) is 0 Å². The summed E-state index contributed by atoms with van der Waals surface area (Å²) in [4.78, 5) is 22.9. The Balaban J connectivity index is 1.76. The third-order valence-electron chi connectivity index (χ3n) is 4.08. The van der Waals surface area contributed by atoms with Crippen molar-refractivity contribution in [3.63, 3.8) is 0 Å². The molecule has 1 N–H and O–H groups in total. The van der Waals surface area contributed by atoms with E-state index < -0.39 is 10.8 Å². The number of nitrogens with one attached hydrogen (secondary N) is 1. The highest BCUT2D eigenvalue weighted by molar-refractivity contribution is 6.31. The van der Waals surface area contributed by atoms with Crippen molar-refractivity contribution in [3.05, 3.63) is 68.4 Å². The molecule has 2 heterocycles. The maximum atomic E-state index is 12.4. The number of nitrogens with zero attached hydrogens (tertiary/aromatic N) is 3. The zero-order valence-corrected chi connectivity index (χ0v) is 16.1. The number of anilines is 1. The van der Waals surface area contributed by atoms with E-state index in [4.69, 9.17) is 20.8 Å². The number of nitro groups is 1. The molecule has 0 aliphatic rings. The number of rotatable bonds is 6. The van der Waals surface area contributed by atoms with Gasteiger partial charge >= 0.3 is 0 Å². The van der Waals surface area contributed by atoms with E-state index in [1.54, 1.807) is 17.7 Å². The zero-order chi connectivity index (χ0) is 20.4. The molecular weight excluding hydrogens is 388 g/mol. The maximum absolute atomic E-state index is 12.4. The molecule has 0 aliphatic carbocycles. The maximum Gasteiger partial charge on any atom is 0.291 e. The standard InChI is InChI=1S/C18H17ClN4O5/c1-10-17(19)11(2)22(21-10)9-14-4-5-16(28-14)18(24)20-12-6-13(23(25)26)8-15(7-12)27-3/h4-8H,9H2,1-3H3,(H,20,24). The lowest BCUT2D eigenvalue weighted by Gasteiger charge is -2.06. The van der Waals surface area contributed by atoms with Gasteiger partial charge in [0, 0.05) is 12.1 Å². The summed E-state index contributed by atoms with van der Waals surface area (Å²) in [6.45, 7) is 3.96. The Kier molecular flexibility index (Phi) is 5.36. The number of hydrogen-bond donors (Lipinski definition) is 1. The van der Waals surface area contributed by atoms with Crippen LogP contribution in [-0.2, 0) is 6.54 Å². The van der Waals surface area contributed by atoms with E-state index in [-0.39, 0.29) is 22.9 Å². The molecule has 0 aliphatic heterocycles. The highest BCUT2D eigenvalue weighted by Crippen LogP contribution is 2.26. The normalized spacial score (nSPS) is 10.7. The Morgan fingerprint density at radius 2 is 2.11 bits per heavy atom. The first-order chi connectivity index (χ1) is 13.3. The topological polar surface area (TPSA) is 112 Å². The van der Waals surface area contributed by atoms with E-state index in [2.05, 4.69) is 10.4 Å². The van der Waals surface area contributed by atoms with Crippen LogP contribution in [0.1, 0.15) is 27.7 Å². The molecule has 0 saturated heterocycles. The molecule has 146 valence electrons. The van der Waals surface area contributed by atoms with Crippen LogP contribution in [0.15, 0.2) is 34.7 Å². The molecule has 1 amide bonds. The lowest BCUT2D eigenvalue weighted by molar-refractivity contribution is -0.384. The Hall–Kier alpha value is -3.33. The smallest absolute Gasteiger partial charge is 0.291 e. The van der Waals surface area contributed by atoms with Crippen LogP contribution in [0.3, 0.4) is 0 Å². The van der Waals surface area contributed by atoms with E-state index in [1.807, 2.05) is 6.92 Å². The number of hydrogen-bond acceptors (Lipinski definition) is 6. The van der Waals surface area contributed by atoms with Crippen molar-refractivity contribution in [2.75, 3.05) is 12.4 Å². The van der Waals surface area contributed by atoms with Crippen LogP contribution in [0.25, 0.3) is 0 Å². The number of ether oxygens (including phenoxy) is 1.